The van der Waals surface area contributed by atoms with Crippen LogP contribution in [0, 0.1) is 13.8 Å². The zero-order chi connectivity index (χ0) is 19.7. The van der Waals surface area contributed by atoms with Crippen LogP contribution < -0.4 is 10.1 Å². The molecule has 1 N–H and O–H groups in total. The van der Waals surface area contributed by atoms with Crippen molar-refractivity contribution in [1.82, 2.24) is 15.3 Å². The molecule has 0 fully saturated rings. The smallest absolute Gasteiger partial charge is 0.251 e. The fraction of sp³-hybridized carbons (Fsp3) is 0.227. The number of carbonyl (C=O) groups is 1. The Balaban J connectivity index is 1.46. The highest BCUT2D eigenvalue weighted by Crippen LogP contribution is 2.39. The van der Waals surface area contributed by atoms with Gasteiger partial charge < -0.3 is 10.1 Å². The molecule has 2 aromatic carbocycles. The predicted octanol–water partition coefficient (Wildman–Crippen LogP) is 4.15. The lowest BCUT2D eigenvalue weighted by Crippen LogP contribution is -2.34. The third-order valence-corrected chi connectivity index (χ3v) is 5.12. The van der Waals surface area contributed by atoms with Crippen LogP contribution in [0.2, 0.25) is 5.02 Å². The first-order chi connectivity index (χ1) is 13.5. The van der Waals surface area contributed by atoms with Crippen LogP contribution in [0.5, 0.6) is 5.75 Å². The molecule has 0 radical (unpaired) electrons. The van der Waals surface area contributed by atoms with Crippen LogP contribution in [-0.2, 0) is 6.42 Å². The van der Waals surface area contributed by atoms with Gasteiger partial charge in [-0.25, -0.2) is 0 Å². The Kier molecular flexibility index (Phi) is 5.01. The molecule has 0 unspecified atom stereocenters. The van der Waals surface area contributed by atoms with E-state index in [1.54, 1.807) is 18.6 Å². The van der Waals surface area contributed by atoms with E-state index in [0.717, 1.165) is 27.9 Å². The number of rotatable bonds is 4. The number of fused-ring (bicyclic) bond motifs is 1. The van der Waals surface area contributed by atoms with E-state index in [9.17, 15) is 4.79 Å². The first-order valence-corrected chi connectivity index (χ1v) is 9.50. The number of hydrogen-bond donors (Lipinski definition) is 1. The van der Waals surface area contributed by atoms with Crippen molar-refractivity contribution in [2.75, 3.05) is 6.54 Å². The minimum atomic E-state index is -0.154. The Morgan fingerprint density at radius 1 is 1.25 bits per heavy atom. The lowest BCUT2D eigenvalue weighted by Gasteiger charge is -2.13. The molecule has 0 bridgehead atoms. The summed E-state index contributed by atoms with van der Waals surface area (Å²) in [7, 11) is 0. The van der Waals surface area contributed by atoms with Crippen LogP contribution >= 0.6 is 11.6 Å². The van der Waals surface area contributed by atoms with Gasteiger partial charge in [-0.3, -0.25) is 14.8 Å². The summed E-state index contributed by atoms with van der Waals surface area (Å²) >= 11 is 6.43. The lowest BCUT2D eigenvalue weighted by molar-refractivity contribution is 0.0933. The fourth-order valence-corrected chi connectivity index (χ4v) is 3.66. The van der Waals surface area contributed by atoms with E-state index in [2.05, 4.69) is 15.3 Å². The zero-order valence-electron chi connectivity index (χ0n) is 15.7. The number of halogens is 1. The van der Waals surface area contributed by atoms with Crippen LogP contribution in [0.4, 0.5) is 0 Å². The van der Waals surface area contributed by atoms with Crippen molar-refractivity contribution in [2.24, 2.45) is 0 Å². The normalized spacial score (nSPS) is 15.0. The highest BCUT2D eigenvalue weighted by molar-refractivity contribution is 6.32. The van der Waals surface area contributed by atoms with Gasteiger partial charge >= 0.3 is 0 Å². The molecule has 0 aliphatic carbocycles. The van der Waals surface area contributed by atoms with Crippen molar-refractivity contribution < 1.29 is 9.53 Å². The van der Waals surface area contributed by atoms with Crippen molar-refractivity contribution in [3.05, 3.63) is 76.2 Å². The van der Waals surface area contributed by atoms with Crippen LogP contribution in [0.3, 0.4) is 0 Å². The summed E-state index contributed by atoms with van der Waals surface area (Å²) in [5, 5.41) is 3.52. The van der Waals surface area contributed by atoms with Crippen molar-refractivity contribution in [2.45, 2.75) is 26.4 Å². The molecule has 4 rings (SSSR count). The van der Waals surface area contributed by atoms with Gasteiger partial charge in [-0.1, -0.05) is 29.3 Å². The highest BCUT2D eigenvalue weighted by atomic mass is 35.5. The molecule has 1 aromatic heterocycles. The number of hydrogen-bond acceptors (Lipinski definition) is 4. The molecule has 2 heterocycles. The summed E-state index contributed by atoms with van der Waals surface area (Å²) in [6.45, 7) is 4.32. The maximum atomic E-state index is 12.5. The molecule has 0 spiro atoms. The van der Waals surface area contributed by atoms with Gasteiger partial charge in [0.05, 0.1) is 23.5 Å². The number of nitrogens with zero attached hydrogens (tertiary/aromatic N) is 2. The Hall–Kier alpha value is -2.92. The van der Waals surface area contributed by atoms with E-state index in [1.165, 1.54) is 0 Å². The second kappa shape index (κ2) is 7.60. The van der Waals surface area contributed by atoms with Crippen LogP contribution in [0.15, 0.2) is 48.9 Å². The third kappa shape index (κ3) is 3.71. The molecule has 0 saturated heterocycles. The number of benzene rings is 2. The van der Waals surface area contributed by atoms with Gasteiger partial charge in [0, 0.05) is 35.5 Å². The van der Waals surface area contributed by atoms with E-state index < -0.39 is 0 Å². The summed E-state index contributed by atoms with van der Waals surface area (Å²) in [6, 6.07) is 9.72. The van der Waals surface area contributed by atoms with Gasteiger partial charge in [0.15, 0.2) is 0 Å². The summed E-state index contributed by atoms with van der Waals surface area (Å²) in [5.41, 5.74) is 5.39. The molecule has 5 nitrogen and oxygen atoms in total. The standard InChI is InChI=1S/C22H20ClN3O2/c1-13-3-4-14(2)18(7-13)22(27)26-11-17-9-16-8-15(10-19(23)21(16)28-17)20-12-24-5-6-25-20/h3-8,10,12,17H,9,11H2,1-2H3,(H,26,27)/t17-/m1/s1. The Morgan fingerprint density at radius 3 is 2.89 bits per heavy atom. The van der Waals surface area contributed by atoms with E-state index in [-0.39, 0.29) is 12.0 Å². The van der Waals surface area contributed by atoms with Gasteiger partial charge in [0.25, 0.3) is 5.91 Å². The number of aryl methyl sites for hydroxylation is 2. The van der Waals surface area contributed by atoms with Crippen molar-refractivity contribution in [3.63, 3.8) is 0 Å². The molecular weight excluding hydrogens is 374 g/mol. The Labute approximate surface area is 168 Å². The quantitative estimate of drug-likeness (QED) is 0.723. The molecule has 0 saturated carbocycles. The number of amides is 1. The minimum Gasteiger partial charge on any atom is -0.486 e. The number of aromatic nitrogens is 2. The first kappa shape index (κ1) is 18.4. The predicted molar refractivity (Wildman–Crippen MR) is 109 cm³/mol. The SMILES string of the molecule is Cc1ccc(C)c(C(=O)NC[C@H]2Cc3cc(-c4cnccn4)cc(Cl)c3O2)c1. The van der Waals surface area contributed by atoms with Crippen molar-refractivity contribution in [1.29, 1.82) is 0 Å². The fourth-order valence-electron chi connectivity index (χ4n) is 3.38. The average Bonchev–Trinajstić information content (AvgIpc) is 3.12. The molecule has 142 valence electrons. The van der Waals surface area contributed by atoms with E-state index in [0.29, 0.717) is 29.3 Å². The van der Waals surface area contributed by atoms with E-state index >= 15 is 0 Å². The minimum absolute atomic E-state index is 0.0906. The Morgan fingerprint density at radius 2 is 2.11 bits per heavy atom. The lowest BCUT2D eigenvalue weighted by atomic mass is 10.0. The monoisotopic (exact) mass is 393 g/mol. The zero-order valence-corrected chi connectivity index (χ0v) is 16.5. The number of nitrogens with one attached hydrogen (secondary N) is 1. The second-order valence-electron chi connectivity index (χ2n) is 7.01. The van der Waals surface area contributed by atoms with Gasteiger partial charge in [-0.2, -0.15) is 0 Å². The molecule has 3 aromatic rings. The second-order valence-corrected chi connectivity index (χ2v) is 7.42. The number of ether oxygens (including phenoxy) is 1. The summed E-state index contributed by atoms with van der Waals surface area (Å²) in [4.78, 5) is 21.0. The first-order valence-electron chi connectivity index (χ1n) is 9.12. The molecule has 28 heavy (non-hydrogen) atoms. The van der Waals surface area contributed by atoms with E-state index in [4.69, 9.17) is 16.3 Å². The molecule has 1 amide bonds. The van der Waals surface area contributed by atoms with Crippen molar-refractivity contribution in [3.8, 4) is 17.0 Å². The molecule has 1 aliphatic heterocycles. The molecule has 1 atom stereocenters. The van der Waals surface area contributed by atoms with E-state index in [1.807, 2.05) is 44.2 Å². The van der Waals surface area contributed by atoms with Gasteiger partial charge in [-0.05, 0) is 37.6 Å². The average molecular weight is 394 g/mol. The summed E-state index contributed by atoms with van der Waals surface area (Å²) in [5.74, 6) is 0.590. The maximum absolute atomic E-state index is 12.5. The third-order valence-electron chi connectivity index (χ3n) is 4.84. The Bertz CT molecular complexity index is 1040. The van der Waals surface area contributed by atoms with Gasteiger partial charge in [0.1, 0.15) is 11.9 Å². The van der Waals surface area contributed by atoms with Crippen molar-refractivity contribution >= 4 is 17.5 Å². The summed E-state index contributed by atoms with van der Waals surface area (Å²) in [6.07, 6.45) is 5.51. The van der Waals surface area contributed by atoms with Gasteiger partial charge in [-0.15, -0.1) is 0 Å². The van der Waals surface area contributed by atoms with Crippen LogP contribution in [0.25, 0.3) is 11.3 Å². The molecular formula is C22H20ClN3O2. The van der Waals surface area contributed by atoms with Crippen LogP contribution in [0.1, 0.15) is 27.0 Å². The maximum Gasteiger partial charge on any atom is 0.251 e. The largest absolute Gasteiger partial charge is 0.486 e. The topological polar surface area (TPSA) is 64.1 Å². The van der Waals surface area contributed by atoms with Gasteiger partial charge in [0.2, 0.25) is 0 Å². The molecule has 6 heteroatoms. The highest BCUT2D eigenvalue weighted by Gasteiger charge is 2.27. The van der Waals surface area contributed by atoms with Crippen LogP contribution in [-0.4, -0.2) is 28.5 Å². The summed E-state index contributed by atoms with van der Waals surface area (Å²) < 4.78 is 5.99. The molecule has 1 aliphatic rings. The number of carbonyl (C=O) groups excluding carboxylic acids is 1.